The maximum Gasteiger partial charge on any atom is 0.478 e. The molecule has 3 aromatic rings. The molecule has 0 aliphatic carbocycles. The molecule has 24 heteroatoms. The van der Waals surface area contributed by atoms with E-state index in [4.69, 9.17) is 34.8 Å². The zero-order chi connectivity index (χ0) is 38.9. The average molecular weight is 790 g/mol. The Kier molecular flexibility index (Phi) is 13.7. The molecule has 0 aromatic carbocycles. The summed E-state index contributed by atoms with van der Waals surface area (Å²) in [6.45, 7) is -0.493. The minimum absolute atomic E-state index is 0.0462. The van der Waals surface area contributed by atoms with Gasteiger partial charge in [0.05, 0.1) is 49.5 Å². The number of pyridine rings is 1. The number of nitrogens with two attached hydrogens (primary N) is 1. The summed E-state index contributed by atoms with van der Waals surface area (Å²) < 4.78 is 17.0. The highest BCUT2D eigenvalue weighted by Gasteiger charge is 2.38. The van der Waals surface area contributed by atoms with Crippen molar-refractivity contribution in [2.45, 2.75) is 82.1 Å². The van der Waals surface area contributed by atoms with Crippen LogP contribution in [0.15, 0.2) is 39.0 Å². The number of aromatic nitrogens is 2. The van der Waals surface area contributed by atoms with Gasteiger partial charge in [-0.25, -0.2) is 4.98 Å². The smallest absolute Gasteiger partial charge is 0.478 e. The predicted molar refractivity (Wildman–Crippen MR) is 191 cm³/mol. The van der Waals surface area contributed by atoms with Crippen LogP contribution in [0.4, 0.5) is 5.13 Å². The quantitative estimate of drug-likeness (QED) is 0.0440. The van der Waals surface area contributed by atoms with Crippen molar-refractivity contribution in [2.24, 2.45) is 5.16 Å². The van der Waals surface area contributed by atoms with E-state index in [0.29, 0.717) is 28.9 Å². The number of amides is 2. The van der Waals surface area contributed by atoms with Gasteiger partial charge in [0.1, 0.15) is 17.1 Å². The number of thiazole rings is 1. The van der Waals surface area contributed by atoms with Crippen LogP contribution < -0.4 is 26.5 Å². The van der Waals surface area contributed by atoms with E-state index in [9.17, 15) is 39.2 Å². The van der Waals surface area contributed by atoms with E-state index in [1.54, 1.807) is 5.38 Å². The number of thiophene rings is 1. The van der Waals surface area contributed by atoms with Crippen LogP contribution in [0.25, 0.3) is 0 Å². The Balaban J connectivity index is 1.16. The summed E-state index contributed by atoms with van der Waals surface area (Å²) >= 11 is 2.20. The molecule has 2 saturated heterocycles. The number of nitrogens with one attached hydrogen (secondary N) is 2. The van der Waals surface area contributed by atoms with Crippen LogP contribution in [-0.4, -0.2) is 103 Å². The lowest BCUT2D eigenvalue weighted by Gasteiger charge is -2.30. The molecule has 0 radical (unpaired) electrons. The number of carbonyl (C=O) groups is 4. The summed E-state index contributed by atoms with van der Waals surface area (Å²) in [6.07, 6.45) is 0.867. The minimum Gasteiger partial charge on any atom is -0.481 e. The van der Waals surface area contributed by atoms with Crippen LogP contribution >= 0.6 is 22.7 Å². The summed E-state index contributed by atoms with van der Waals surface area (Å²) in [5.41, 5.74) is 4.73. The summed E-state index contributed by atoms with van der Waals surface area (Å²) in [4.78, 5) is 70.7. The molecular formula is C30H36B2N6O14S2. The van der Waals surface area contributed by atoms with Gasteiger partial charge in [0.15, 0.2) is 23.2 Å². The Morgan fingerprint density at radius 1 is 0.981 bits per heavy atom. The molecule has 0 spiro atoms. The number of carbonyl (C=O) groups excluding carboxylic acids is 2. The number of hydrogen-bond donors (Lipinski definition) is 8. The van der Waals surface area contributed by atoms with Crippen molar-refractivity contribution in [3.63, 3.8) is 0 Å². The van der Waals surface area contributed by atoms with E-state index in [1.165, 1.54) is 22.8 Å². The molecule has 3 aromatic heterocycles. The Hall–Kier alpha value is -5.00. The highest BCUT2D eigenvalue weighted by atomic mass is 32.1. The van der Waals surface area contributed by atoms with Crippen molar-refractivity contribution in [3.05, 3.63) is 55.6 Å². The highest BCUT2D eigenvalue weighted by molar-refractivity contribution is 7.13. The summed E-state index contributed by atoms with van der Waals surface area (Å²) in [5, 5.41) is 61.5. The zero-order valence-electron chi connectivity index (χ0n) is 28.4. The molecule has 2 amide bonds. The second kappa shape index (κ2) is 18.4. The van der Waals surface area contributed by atoms with Crippen molar-refractivity contribution in [1.29, 1.82) is 0 Å². The molecule has 2 aliphatic rings. The van der Waals surface area contributed by atoms with Crippen LogP contribution in [0.2, 0.25) is 0 Å². The van der Waals surface area contributed by atoms with E-state index in [2.05, 4.69) is 20.8 Å². The molecule has 54 heavy (non-hydrogen) atoms. The minimum atomic E-state index is -1.48. The summed E-state index contributed by atoms with van der Waals surface area (Å²) in [5.74, 6) is -5.02. The van der Waals surface area contributed by atoms with Gasteiger partial charge >= 0.3 is 26.2 Å². The second-order valence-electron chi connectivity index (χ2n) is 12.4. The maximum absolute atomic E-state index is 13.2. The van der Waals surface area contributed by atoms with Gasteiger partial charge < -0.3 is 60.7 Å². The number of hydrogen-bond acceptors (Lipinski definition) is 17. The third-order valence-corrected chi connectivity index (χ3v) is 9.86. The third kappa shape index (κ3) is 11.3. The molecule has 20 nitrogen and oxygen atoms in total. The van der Waals surface area contributed by atoms with Crippen LogP contribution in [0.5, 0.6) is 11.5 Å². The summed E-state index contributed by atoms with van der Waals surface area (Å²) in [6, 6.07) is 2.56. The first-order valence-electron chi connectivity index (χ1n) is 16.6. The molecule has 5 rings (SSSR count). The van der Waals surface area contributed by atoms with Crippen molar-refractivity contribution in [3.8, 4) is 11.5 Å². The van der Waals surface area contributed by atoms with Gasteiger partial charge in [-0.2, -0.15) is 4.73 Å². The second-order valence-corrected chi connectivity index (χ2v) is 14.3. The van der Waals surface area contributed by atoms with E-state index < -0.39 is 74.1 Å². The van der Waals surface area contributed by atoms with Crippen LogP contribution in [0.1, 0.15) is 61.2 Å². The van der Waals surface area contributed by atoms with E-state index >= 15 is 0 Å². The molecule has 288 valence electrons. The first-order chi connectivity index (χ1) is 25.7. The number of carboxylic acids is 2. The van der Waals surface area contributed by atoms with E-state index in [1.807, 2.05) is 0 Å². The number of ether oxygens (including phenoxy) is 1. The highest BCUT2D eigenvalue weighted by Crippen LogP contribution is 2.27. The Bertz CT molecular complexity index is 1920. The predicted octanol–water partition coefficient (Wildman–Crippen LogP) is 0.148. The van der Waals surface area contributed by atoms with Crippen molar-refractivity contribution >= 4 is 71.5 Å². The van der Waals surface area contributed by atoms with Gasteiger partial charge in [0, 0.05) is 21.7 Å². The normalized spacial score (nSPS) is 20.5. The number of oxime groups is 1. The van der Waals surface area contributed by atoms with Crippen molar-refractivity contribution < 1.29 is 63.5 Å². The summed E-state index contributed by atoms with van der Waals surface area (Å²) in [7, 11) is -2.84. The topological polar surface area (TPSA) is 304 Å². The fraction of sp³-hybridized carbons (Fsp3) is 0.433. The molecule has 2 fully saturated rings. The van der Waals surface area contributed by atoms with Gasteiger partial charge in [-0.15, -0.1) is 22.7 Å². The number of anilines is 1. The number of rotatable bonds is 15. The Labute approximate surface area is 314 Å². The molecule has 2 aliphatic heterocycles. The first-order valence-corrected chi connectivity index (χ1v) is 18.3. The van der Waals surface area contributed by atoms with Crippen LogP contribution in [-0.2, 0) is 46.4 Å². The van der Waals surface area contributed by atoms with Crippen LogP contribution in [0.3, 0.4) is 0 Å². The van der Waals surface area contributed by atoms with Gasteiger partial charge in [-0.3, -0.25) is 24.0 Å². The largest absolute Gasteiger partial charge is 0.481 e. The Morgan fingerprint density at radius 3 is 2.31 bits per heavy atom. The SMILES string of the molecule is Nc1nc(/C(=N/OCc2cc(=O)c(Oc3csc(CC(=O)N[C@H]4CCC[C@@H](CC(=O)O)OB4O)c3)cn2O)C(=O)N[C@H]2CC[C@@H](CC(=O)O)OB2O)cs1. The lowest BCUT2D eigenvalue weighted by molar-refractivity contribution is -0.140. The van der Waals surface area contributed by atoms with Crippen LogP contribution in [0, 0.1) is 0 Å². The monoisotopic (exact) mass is 790 g/mol. The standard InChI is InChI=1S/C30H36B2N6O14S2/c33-30-34-20(14-54-30)28(29(45)36-24-5-4-17(9-27(43)44)52-32(24)47)37-49-12-15-6-21(39)22(11-38(15)48)50-18-7-19(53-13-18)10-25(40)35-23-3-1-2-16(8-26(41)42)51-31(23)46/h6-7,11,13-14,16-17,23-24,46-48H,1-5,8-10,12H2,(H2,33,34)(H,35,40)(H,36,45)(H,41,42)(H,43,44)/b37-28-/t16-,17-,23-,24-/m0/s1. The van der Waals surface area contributed by atoms with Gasteiger partial charge in [0.2, 0.25) is 11.3 Å². The third-order valence-electron chi connectivity index (χ3n) is 8.28. The molecule has 0 saturated carbocycles. The molecule has 5 heterocycles. The van der Waals surface area contributed by atoms with Crippen molar-refractivity contribution in [2.75, 3.05) is 5.73 Å². The molecule has 4 atom stereocenters. The van der Waals surface area contributed by atoms with E-state index in [-0.39, 0.29) is 65.8 Å². The number of carboxylic acid groups (broad SMARTS) is 2. The Morgan fingerprint density at radius 2 is 1.67 bits per heavy atom. The average Bonchev–Trinajstić information content (AvgIpc) is 3.68. The number of aliphatic carboxylic acids is 2. The molecule has 0 bridgehead atoms. The van der Waals surface area contributed by atoms with Gasteiger partial charge in [0.25, 0.3) is 5.91 Å². The number of nitrogens with zero attached hydrogens (tertiary/aromatic N) is 3. The first kappa shape index (κ1) is 40.2. The lowest BCUT2D eigenvalue weighted by atomic mass is 9.72. The lowest BCUT2D eigenvalue weighted by Crippen LogP contribution is -2.54. The maximum atomic E-state index is 13.2. The fourth-order valence-electron chi connectivity index (χ4n) is 5.69. The number of nitrogen functional groups attached to an aromatic ring is 1. The van der Waals surface area contributed by atoms with Gasteiger partial charge in [-0.05, 0) is 38.2 Å². The van der Waals surface area contributed by atoms with E-state index in [0.717, 1.165) is 23.6 Å². The van der Waals surface area contributed by atoms with Gasteiger partial charge in [-0.1, -0.05) is 5.16 Å². The fourth-order valence-corrected chi connectivity index (χ4v) is 7.02. The zero-order valence-corrected chi connectivity index (χ0v) is 30.0. The molecule has 0 unspecified atom stereocenters. The van der Waals surface area contributed by atoms with Crippen molar-refractivity contribution in [1.82, 2.24) is 20.3 Å². The molecular weight excluding hydrogens is 754 g/mol. The molecule has 9 N–H and O–H groups in total.